The van der Waals surface area contributed by atoms with Crippen molar-refractivity contribution in [3.63, 3.8) is 0 Å². The van der Waals surface area contributed by atoms with Crippen LogP contribution >= 0.6 is 0 Å². The Bertz CT molecular complexity index is 662. The van der Waals surface area contributed by atoms with Crippen molar-refractivity contribution in [3.05, 3.63) is 47.5 Å². The molecule has 110 valence electrons. The van der Waals surface area contributed by atoms with Gasteiger partial charge < -0.3 is 20.2 Å². The number of anilines is 1. The maximum absolute atomic E-state index is 12.6. The first-order valence-corrected chi connectivity index (χ1v) is 6.57. The highest BCUT2D eigenvalue weighted by molar-refractivity contribution is 6.07. The molecule has 5 heteroatoms. The minimum atomic E-state index is -0.364. The van der Waals surface area contributed by atoms with Crippen molar-refractivity contribution in [2.45, 2.75) is 13.8 Å². The van der Waals surface area contributed by atoms with E-state index in [4.69, 9.17) is 0 Å². The molecule has 0 aromatic heterocycles. The average molecular weight is 287 g/mol. The highest BCUT2D eigenvalue weighted by atomic mass is 16.3. The quantitative estimate of drug-likeness (QED) is 0.811. The Morgan fingerprint density at radius 3 is 2.19 bits per heavy atom. The second-order valence-electron chi connectivity index (χ2n) is 4.76. The van der Waals surface area contributed by atoms with Gasteiger partial charge in [-0.05, 0) is 37.6 Å². The molecule has 2 aromatic rings. The fourth-order valence-corrected chi connectivity index (χ4v) is 2.19. The zero-order valence-electron chi connectivity index (χ0n) is 11.9. The van der Waals surface area contributed by atoms with Gasteiger partial charge in [-0.15, -0.1) is 0 Å². The Balaban J connectivity index is 2.45. The largest absolute Gasteiger partial charge is 0.508 e. The summed E-state index contributed by atoms with van der Waals surface area (Å²) >= 11 is 0. The van der Waals surface area contributed by atoms with Gasteiger partial charge in [-0.25, -0.2) is 0 Å². The minimum absolute atomic E-state index is 0.0700. The van der Waals surface area contributed by atoms with Crippen molar-refractivity contribution in [2.24, 2.45) is 0 Å². The number of hydrogen-bond acceptors (Lipinski definition) is 4. The maximum Gasteiger partial charge on any atom is 0.258 e. The van der Waals surface area contributed by atoms with Gasteiger partial charge in [0.1, 0.15) is 17.2 Å². The molecule has 0 saturated heterocycles. The van der Waals surface area contributed by atoms with Crippen LogP contribution in [0.15, 0.2) is 36.4 Å². The smallest absolute Gasteiger partial charge is 0.258 e. The lowest BCUT2D eigenvalue weighted by atomic mass is 10.1. The van der Waals surface area contributed by atoms with Gasteiger partial charge in [0.2, 0.25) is 0 Å². The summed E-state index contributed by atoms with van der Waals surface area (Å²) in [6.45, 7) is 4.04. The fourth-order valence-electron chi connectivity index (χ4n) is 2.19. The number of amides is 1. The van der Waals surface area contributed by atoms with E-state index in [9.17, 15) is 20.1 Å². The van der Waals surface area contributed by atoms with Crippen molar-refractivity contribution in [1.82, 2.24) is 0 Å². The van der Waals surface area contributed by atoms with Gasteiger partial charge in [0.05, 0.1) is 5.69 Å². The van der Waals surface area contributed by atoms with Crippen LogP contribution in [-0.4, -0.2) is 27.8 Å². The lowest BCUT2D eigenvalue weighted by Gasteiger charge is -2.23. The molecule has 0 aliphatic rings. The number of carbonyl (C=O) groups excluding carboxylic acids is 1. The molecule has 0 heterocycles. The van der Waals surface area contributed by atoms with Crippen molar-refractivity contribution in [1.29, 1.82) is 0 Å². The summed E-state index contributed by atoms with van der Waals surface area (Å²) < 4.78 is 0. The van der Waals surface area contributed by atoms with E-state index in [1.54, 1.807) is 12.1 Å². The molecule has 0 saturated carbocycles. The minimum Gasteiger partial charge on any atom is -0.508 e. The van der Waals surface area contributed by atoms with Crippen LogP contribution < -0.4 is 4.90 Å². The van der Waals surface area contributed by atoms with Gasteiger partial charge >= 0.3 is 0 Å². The summed E-state index contributed by atoms with van der Waals surface area (Å²) in [5.41, 5.74) is 1.61. The summed E-state index contributed by atoms with van der Waals surface area (Å²) in [4.78, 5) is 14.0. The number of carbonyl (C=O) groups is 1. The molecule has 3 N–H and O–H groups in total. The van der Waals surface area contributed by atoms with Crippen LogP contribution in [0.5, 0.6) is 17.2 Å². The van der Waals surface area contributed by atoms with Gasteiger partial charge in [-0.3, -0.25) is 4.79 Å². The molecule has 0 aliphatic carbocycles. The van der Waals surface area contributed by atoms with Crippen LogP contribution in [0.25, 0.3) is 0 Å². The third-order valence-corrected chi connectivity index (χ3v) is 3.19. The second-order valence-corrected chi connectivity index (χ2v) is 4.76. The molecule has 21 heavy (non-hydrogen) atoms. The highest BCUT2D eigenvalue weighted by Crippen LogP contribution is 2.28. The molecule has 2 aromatic carbocycles. The van der Waals surface area contributed by atoms with Gasteiger partial charge in [0, 0.05) is 24.2 Å². The standard InChI is InChI=1S/C16H17NO4/c1-3-17(15-9-12(18)5-4-10(15)2)16(21)11-6-13(19)8-14(20)7-11/h4-9,18-20H,3H2,1-2H3. The number of rotatable bonds is 3. The summed E-state index contributed by atoms with van der Waals surface area (Å²) in [6, 6.07) is 8.54. The fraction of sp³-hybridized carbons (Fsp3) is 0.188. The van der Waals surface area contributed by atoms with Crippen LogP contribution in [0.4, 0.5) is 5.69 Å². The Hall–Kier alpha value is -2.69. The number of phenols is 3. The number of aryl methyl sites for hydroxylation is 1. The normalized spacial score (nSPS) is 10.4. The molecular formula is C16H17NO4. The van der Waals surface area contributed by atoms with E-state index in [0.29, 0.717) is 12.2 Å². The molecule has 2 rings (SSSR count). The number of aromatic hydroxyl groups is 3. The van der Waals surface area contributed by atoms with Crippen molar-refractivity contribution < 1.29 is 20.1 Å². The van der Waals surface area contributed by atoms with Crippen LogP contribution in [0.2, 0.25) is 0 Å². The third-order valence-electron chi connectivity index (χ3n) is 3.19. The Morgan fingerprint density at radius 1 is 1.00 bits per heavy atom. The molecule has 0 radical (unpaired) electrons. The molecule has 0 fully saturated rings. The molecule has 0 unspecified atom stereocenters. The first-order chi connectivity index (χ1) is 9.92. The molecule has 0 aliphatic heterocycles. The molecule has 0 atom stereocenters. The van der Waals surface area contributed by atoms with E-state index in [-0.39, 0.29) is 28.7 Å². The third kappa shape index (κ3) is 3.08. The monoisotopic (exact) mass is 287 g/mol. The summed E-state index contributed by atoms with van der Waals surface area (Å²) in [5, 5.41) is 28.6. The van der Waals surface area contributed by atoms with E-state index in [1.165, 1.54) is 23.1 Å². The zero-order valence-corrected chi connectivity index (χ0v) is 11.9. The summed E-state index contributed by atoms with van der Waals surface area (Å²) in [5.74, 6) is -0.651. The molecule has 1 amide bonds. The second kappa shape index (κ2) is 5.75. The predicted molar refractivity (Wildman–Crippen MR) is 80.0 cm³/mol. The Morgan fingerprint density at radius 2 is 1.62 bits per heavy atom. The van der Waals surface area contributed by atoms with Gasteiger partial charge in [-0.2, -0.15) is 0 Å². The molecule has 5 nitrogen and oxygen atoms in total. The Labute approximate surface area is 122 Å². The average Bonchev–Trinajstić information content (AvgIpc) is 2.42. The predicted octanol–water partition coefficient (Wildman–Crippen LogP) is 2.78. The van der Waals surface area contributed by atoms with Gasteiger partial charge in [0.15, 0.2) is 0 Å². The van der Waals surface area contributed by atoms with Crippen molar-refractivity contribution in [2.75, 3.05) is 11.4 Å². The SMILES string of the molecule is CCN(C(=O)c1cc(O)cc(O)c1)c1cc(O)ccc1C. The van der Waals surface area contributed by atoms with Crippen LogP contribution in [-0.2, 0) is 0 Å². The van der Waals surface area contributed by atoms with Crippen LogP contribution in [0.1, 0.15) is 22.8 Å². The van der Waals surface area contributed by atoms with E-state index < -0.39 is 0 Å². The van der Waals surface area contributed by atoms with E-state index in [0.717, 1.165) is 11.6 Å². The number of nitrogens with zero attached hydrogens (tertiary/aromatic N) is 1. The lowest BCUT2D eigenvalue weighted by Crippen LogP contribution is -2.31. The number of hydrogen-bond donors (Lipinski definition) is 3. The molecule has 0 bridgehead atoms. The first kappa shape index (κ1) is 14.7. The van der Waals surface area contributed by atoms with Gasteiger partial charge in [-0.1, -0.05) is 6.07 Å². The number of phenolic OH excluding ortho intramolecular Hbond substituents is 3. The van der Waals surface area contributed by atoms with Crippen molar-refractivity contribution >= 4 is 11.6 Å². The molecular weight excluding hydrogens is 270 g/mol. The zero-order chi connectivity index (χ0) is 15.6. The summed E-state index contributed by atoms with van der Waals surface area (Å²) in [6.07, 6.45) is 0. The maximum atomic E-state index is 12.6. The highest BCUT2D eigenvalue weighted by Gasteiger charge is 2.19. The van der Waals surface area contributed by atoms with Crippen molar-refractivity contribution in [3.8, 4) is 17.2 Å². The Kier molecular flexibility index (Phi) is 4.03. The molecule has 0 spiro atoms. The summed E-state index contributed by atoms with van der Waals surface area (Å²) in [7, 11) is 0. The lowest BCUT2D eigenvalue weighted by molar-refractivity contribution is 0.0987. The van der Waals surface area contributed by atoms with Crippen LogP contribution in [0.3, 0.4) is 0 Å². The van der Waals surface area contributed by atoms with Crippen LogP contribution in [0, 0.1) is 6.92 Å². The van der Waals surface area contributed by atoms with E-state index in [1.807, 2.05) is 13.8 Å². The first-order valence-electron chi connectivity index (χ1n) is 6.57. The van der Waals surface area contributed by atoms with E-state index in [2.05, 4.69) is 0 Å². The van der Waals surface area contributed by atoms with Gasteiger partial charge in [0.25, 0.3) is 5.91 Å². The van der Waals surface area contributed by atoms with E-state index >= 15 is 0 Å². The number of benzene rings is 2. The topological polar surface area (TPSA) is 81.0 Å².